The van der Waals surface area contributed by atoms with Crippen LogP contribution in [-0.4, -0.2) is 69.7 Å². The van der Waals surface area contributed by atoms with Gasteiger partial charge in [0, 0.05) is 32.3 Å². The van der Waals surface area contributed by atoms with Crippen molar-refractivity contribution in [1.29, 1.82) is 0 Å². The number of nitrogens with zero attached hydrogens (tertiary/aromatic N) is 1. The van der Waals surface area contributed by atoms with E-state index in [-0.39, 0.29) is 16.7 Å². The van der Waals surface area contributed by atoms with Gasteiger partial charge < -0.3 is 21.7 Å². The maximum Gasteiger partial charge on any atom is 0.243 e. The lowest BCUT2D eigenvalue weighted by atomic mass is 9.52. The minimum absolute atomic E-state index is 0.0521. The Kier molecular flexibility index (Phi) is 4.07. The highest BCUT2D eigenvalue weighted by Crippen LogP contribution is 2.85. The Hall–Kier alpha value is -8.49. The van der Waals surface area contributed by atoms with Gasteiger partial charge in [-0.3, -0.25) is 9.69 Å². The number of carbonyl (C=O) groups excluding carboxylic acids is 1. The smallest absolute Gasteiger partial charge is 0.243 e. The molecule has 374 valence electrons. The molecule has 6 heteroatoms. The molecule has 1 heterocycles. The molecule has 83 heavy (non-hydrogen) atoms. The van der Waals surface area contributed by atoms with Gasteiger partial charge in [-0.2, -0.15) is 0 Å². The molecule has 0 radical (unpaired) electrons. The molecule has 0 bridgehead atoms. The number of unbranched alkanes of at least 4 members (excludes halogenated alkanes) is 1. The lowest BCUT2D eigenvalue weighted by molar-refractivity contribution is -0.116. The molecule has 1 fully saturated rings. The summed E-state index contributed by atoms with van der Waals surface area (Å²) in [6.45, 7) is 10.4. The summed E-state index contributed by atoms with van der Waals surface area (Å²) in [5.74, 6) is 0.0521. The van der Waals surface area contributed by atoms with Crippen LogP contribution in [0.2, 0.25) is 0 Å². The Bertz CT molecular complexity index is 7300. The van der Waals surface area contributed by atoms with Gasteiger partial charge in [-0.1, -0.05) is 5.57 Å². The van der Waals surface area contributed by atoms with Gasteiger partial charge in [0.05, 0.1) is 10.8 Å². The Labute approximate surface area is 461 Å². The molecule has 28 aromatic rings. The van der Waals surface area contributed by atoms with Crippen LogP contribution in [0.5, 0.6) is 0 Å². The van der Waals surface area contributed by atoms with Gasteiger partial charge in [0.15, 0.2) is 0 Å². The summed E-state index contributed by atoms with van der Waals surface area (Å²) < 4.78 is 0. The summed E-state index contributed by atoms with van der Waals surface area (Å²) in [5.41, 5.74) is 13.2. The topological polar surface area (TPSA) is 82.4 Å². The first kappa shape index (κ1) is 36.2. The first-order chi connectivity index (χ1) is 41.2. The number of carbonyl (C=O) groups is 1. The van der Waals surface area contributed by atoms with Crippen LogP contribution in [0.3, 0.4) is 0 Å². The average Bonchev–Trinajstić information content (AvgIpc) is 1.39. The Morgan fingerprint density at radius 1 is 0.337 bits per heavy atom. The minimum atomic E-state index is -0.283. The fourth-order valence-corrected chi connectivity index (χ4v) is 27.1. The second-order valence-corrected chi connectivity index (χ2v) is 29.7. The van der Waals surface area contributed by atoms with Crippen molar-refractivity contribution >= 4 is 297 Å². The zero-order chi connectivity index (χ0) is 51.2. The van der Waals surface area contributed by atoms with Crippen LogP contribution >= 0.6 is 0 Å². The van der Waals surface area contributed by atoms with E-state index in [1.807, 2.05) is 6.08 Å². The number of nitrogens with two attached hydrogens (primary N) is 1. The predicted molar refractivity (Wildman–Crippen MR) is 350 cm³/mol. The van der Waals surface area contributed by atoms with Crippen LogP contribution in [0.15, 0.2) is 11.6 Å². The third-order valence-electron chi connectivity index (χ3n) is 27.8. The van der Waals surface area contributed by atoms with Gasteiger partial charge in [-0.15, -0.1) is 0 Å². The number of likely N-dealkylation sites (tertiary alicyclic amines) is 1. The third kappa shape index (κ3) is 2.39. The van der Waals surface area contributed by atoms with Crippen LogP contribution in [-0.2, 0) is 15.6 Å². The average molecular weight is 1050 g/mol. The molecule has 5 aliphatic rings. The van der Waals surface area contributed by atoms with Crippen LogP contribution in [0.1, 0.15) is 54.9 Å². The van der Waals surface area contributed by atoms with Crippen LogP contribution < -0.4 is 21.7 Å². The maximum absolute atomic E-state index is 14.0. The van der Waals surface area contributed by atoms with Crippen molar-refractivity contribution in [2.75, 3.05) is 58.9 Å². The second kappa shape index (κ2) is 9.33. The van der Waals surface area contributed by atoms with E-state index in [4.69, 9.17) is 5.73 Å². The molecule has 28 aromatic carbocycles. The van der Waals surface area contributed by atoms with Crippen molar-refractivity contribution in [2.45, 2.75) is 43.4 Å². The summed E-state index contributed by atoms with van der Waals surface area (Å²) in [4.78, 5) is 17.0. The first-order valence-corrected chi connectivity index (χ1v) is 31.7. The molecule has 33 rings (SSSR count). The number of nitrogens with one attached hydrogen (secondary N) is 3. The van der Waals surface area contributed by atoms with Crippen LogP contribution in [0.4, 0.5) is 0 Å². The summed E-state index contributed by atoms with van der Waals surface area (Å²) >= 11 is 0. The number of hydrogen-bond acceptors (Lipinski definition) is 5. The van der Waals surface area contributed by atoms with E-state index in [0.717, 1.165) is 71.6 Å². The van der Waals surface area contributed by atoms with E-state index < -0.39 is 0 Å². The van der Waals surface area contributed by atoms with Crippen LogP contribution in [0.25, 0.3) is 291 Å². The fraction of sp³-hybridized carbons (Fsp3) is 0.208. The molecule has 2 unspecified atom stereocenters. The second-order valence-electron chi connectivity index (χ2n) is 29.7. The summed E-state index contributed by atoms with van der Waals surface area (Å²) in [7, 11) is 0. The van der Waals surface area contributed by atoms with Gasteiger partial charge in [-0.25, -0.2) is 0 Å². The van der Waals surface area contributed by atoms with Gasteiger partial charge in [0.2, 0.25) is 5.91 Å². The lowest BCUT2D eigenvalue weighted by Gasteiger charge is -2.48. The van der Waals surface area contributed by atoms with E-state index >= 15 is 0 Å². The summed E-state index contributed by atoms with van der Waals surface area (Å²) in [5, 5.41) is 99.6. The Morgan fingerprint density at radius 2 is 0.566 bits per heavy atom. The fourth-order valence-electron chi connectivity index (χ4n) is 27.1. The number of rotatable bonds is 15. The summed E-state index contributed by atoms with van der Waals surface area (Å²) in [6, 6.07) is 0. The third-order valence-corrected chi connectivity index (χ3v) is 27.8. The maximum atomic E-state index is 14.0. The Balaban J connectivity index is 0.769. The molecule has 4 aliphatic carbocycles. The number of benzene rings is 17. The first-order valence-electron chi connectivity index (χ1n) is 31.7. The van der Waals surface area contributed by atoms with E-state index in [1.54, 1.807) is 313 Å². The van der Waals surface area contributed by atoms with E-state index in [1.165, 1.54) is 12.0 Å². The monoisotopic (exact) mass is 1050 g/mol. The highest BCUT2D eigenvalue weighted by atomic mass is 16.1. The van der Waals surface area contributed by atoms with Crippen molar-refractivity contribution in [3.63, 3.8) is 0 Å². The predicted octanol–water partition coefficient (Wildman–Crippen LogP) is 16.4. The Morgan fingerprint density at radius 3 is 0.867 bits per heavy atom. The molecule has 2 atom stereocenters. The zero-order valence-electron chi connectivity index (χ0n) is 44.7. The van der Waals surface area contributed by atoms with Crippen molar-refractivity contribution in [2.24, 2.45) is 5.73 Å². The van der Waals surface area contributed by atoms with Crippen molar-refractivity contribution in [3.8, 4) is 0 Å². The van der Waals surface area contributed by atoms with Gasteiger partial charge in [0.1, 0.15) is 0 Å². The molecule has 2 spiro atoms. The van der Waals surface area contributed by atoms with Gasteiger partial charge >= 0.3 is 0 Å². The number of hydrogen-bond donors (Lipinski definition) is 4. The molecule has 1 aliphatic heterocycles. The normalized spacial score (nSPS) is 21.3. The molecule has 0 saturated carbocycles. The molecule has 6 nitrogen and oxygen atoms in total. The quantitative estimate of drug-likeness (QED) is 0.0467. The molecular weight excluding hydrogens is 1010 g/mol. The highest BCUT2D eigenvalue weighted by Gasteiger charge is 2.73. The summed E-state index contributed by atoms with van der Waals surface area (Å²) in [6.07, 6.45) is 6.25. The standard InChI is InChI=1S/C77H35N5O/c1-16(12-17(83)81-11-5-10-80-8-3-2-7-79-9-4-6-78)13-82-14-76-72-65-58-46-38-29-20-18-19-21-24(20)33-40(38)48-49-41(33)39-30(21)32-28-23(19)26-25-22(18)27-31(29)44(46)52-50-36(27)34(25)42-43-35(26)37(28)51-53-45(32)47(39)59-61(49)70(69(72)60(48)58)73-66(59)64(53)68-57(51)55(43)62-54(42)56(50)67(63(52)65)74(76)71(62)75(68)77(73,76)15-82/h12,79-80H,2-11,13-15,78H2,1H3,(H,81,83)/b16-12+. The van der Waals surface area contributed by atoms with Gasteiger partial charge in [0.25, 0.3) is 0 Å². The van der Waals surface area contributed by atoms with Crippen molar-refractivity contribution in [3.05, 3.63) is 33.9 Å². The van der Waals surface area contributed by atoms with E-state index in [9.17, 15) is 4.79 Å². The number of amides is 1. The molecule has 1 amide bonds. The van der Waals surface area contributed by atoms with Crippen molar-refractivity contribution < 1.29 is 4.79 Å². The van der Waals surface area contributed by atoms with E-state index in [2.05, 4.69) is 27.8 Å². The SMILES string of the molecule is C/C(=C\C(=O)NCCCNCCCCNCCCN)CN1CC23c4c5c6c7c8c9c(c%10c%11c2c2c%12c4c4c%13c5c5c7c7c8c8c%14c9c%10c9c%10c%11c2c2c%11c%12c4c4c%12c%13c5c5c7c7c8c8c%14c9c9c%10c2c2c%11c4c4c%12c5c7c5c8c9c2c45)C63C1. The molecule has 5 N–H and O–H groups in total. The molecule has 1 saturated heterocycles. The van der Waals surface area contributed by atoms with Crippen molar-refractivity contribution in [1.82, 2.24) is 20.9 Å². The molecular formula is C77H35N5O. The zero-order valence-corrected chi connectivity index (χ0v) is 44.7. The highest BCUT2D eigenvalue weighted by molar-refractivity contribution is 6.82. The minimum Gasteiger partial charge on any atom is -0.353 e. The lowest BCUT2D eigenvalue weighted by Crippen LogP contribution is -2.49. The molecule has 0 aromatic heterocycles. The largest absolute Gasteiger partial charge is 0.353 e. The van der Waals surface area contributed by atoms with E-state index in [0.29, 0.717) is 6.54 Å². The van der Waals surface area contributed by atoms with Gasteiger partial charge in [-0.05, 0) is 378 Å². The van der Waals surface area contributed by atoms with Crippen LogP contribution in [0, 0.1) is 0 Å².